The predicted molar refractivity (Wildman–Crippen MR) is 307 cm³/mol. The van der Waals surface area contributed by atoms with Crippen molar-refractivity contribution in [2.45, 2.75) is 371 Å². The predicted octanol–water partition coefficient (Wildman–Crippen LogP) is 14.3. The lowest BCUT2D eigenvalue weighted by Crippen LogP contribution is -2.60. The monoisotopic (exact) mass is 1050 g/mol. The highest BCUT2D eigenvalue weighted by Crippen LogP contribution is 2.24. The van der Waals surface area contributed by atoms with Gasteiger partial charge in [0, 0.05) is 0 Å². The summed E-state index contributed by atoms with van der Waals surface area (Å²) in [5, 5.41) is 76.3. The normalized spacial score (nSPS) is 19.8. The highest BCUT2D eigenvalue weighted by Gasteiger charge is 2.44. The summed E-state index contributed by atoms with van der Waals surface area (Å²) in [5.74, 6) is -0.697. The number of unbranched alkanes of at least 4 members (excludes halogenated alkanes) is 42. The van der Waals surface area contributed by atoms with E-state index < -0.39 is 74.2 Å². The standard InChI is InChI=1S/C63H123NO10/c1-3-5-7-9-11-13-15-17-19-21-22-23-24-25-26-27-28-29-30-31-32-33-34-35-37-38-40-42-44-46-48-50-55(66)58(68)54(53-73-63-61(71)60(70)59(69)57(52-65)74-63)64-62(72)56(67)51-49-47-45-43-41-39-36-20-18-16-14-12-10-8-6-4-2/h18,20,54-61,63,65-71H,3-17,19,21-53H2,1-2H3,(H,64,72)/b20-18-. The zero-order chi connectivity index (χ0) is 54.0. The summed E-state index contributed by atoms with van der Waals surface area (Å²) < 4.78 is 11.2. The largest absolute Gasteiger partial charge is 0.394 e. The molecule has 1 aliphatic heterocycles. The first-order valence-corrected chi connectivity index (χ1v) is 32.1. The van der Waals surface area contributed by atoms with Crippen LogP contribution in [0.2, 0.25) is 0 Å². The number of amides is 1. The van der Waals surface area contributed by atoms with Gasteiger partial charge in [-0.3, -0.25) is 4.79 Å². The molecule has 0 bridgehead atoms. The molecule has 0 saturated carbocycles. The lowest BCUT2D eigenvalue weighted by Gasteiger charge is -2.40. The number of carbonyl (C=O) groups excluding carboxylic acids is 1. The average Bonchev–Trinajstić information content (AvgIpc) is 3.40. The van der Waals surface area contributed by atoms with Gasteiger partial charge in [0.2, 0.25) is 5.91 Å². The van der Waals surface area contributed by atoms with Crippen LogP contribution in [0.25, 0.3) is 0 Å². The van der Waals surface area contributed by atoms with Crippen LogP contribution >= 0.6 is 0 Å². The van der Waals surface area contributed by atoms with E-state index in [1.807, 2.05) is 0 Å². The Morgan fingerprint density at radius 3 is 1.14 bits per heavy atom. The molecule has 1 amide bonds. The molecule has 8 N–H and O–H groups in total. The molecule has 0 aromatic rings. The Bertz CT molecular complexity index is 1210. The second-order valence-corrected chi connectivity index (χ2v) is 22.8. The molecule has 0 aliphatic carbocycles. The fraction of sp³-hybridized carbons (Fsp3) is 0.952. The Labute approximate surface area is 455 Å². The third kappa shape index (κ3) is 40.1. The van der Waals surface area contributed by atoms with Crippen molar-refractivity contribution in [1.82, 2.24) is 5.32 Å². The van der Waals surface area contributed by atoms with E-state index >= 15 is 0 Å². The Morgan fingerprint density at radius 2 is 0.784 bits per heavy atom. The van der Waals surface area contributed by atoms with Crippen LogP contribution in [0.4, 0.5) is 0 Å². The van der Waals surface area contributed by atoms with Gasteiger partial charge in [0.25, 0.3) is 0 Å². The van der Waals surface area contributed by atoms with E-state index in [1.54, 1.807) is 0 Å². The molecule has 11 heteroatoms. The van der Waals surface area contributed by atoms with Crippen LogP contribution in [-0.2, 0) is 14.3 Å². The summed E-state index contributed by atoms with van der Waals surface area (Å²) >= 11 is 0. The second-order valence-electron chi connectivity index (χ2n) is 22.8. The third-order valence-corrected chi connectivity index (χ3v) is 15.8. The molecule has 9 unspecified atom stereocenters. The van der Waals surface area contributed by atoms with Gasteiger partial charge in [-0.05, 0) is 38.5 Å². The number of allylic oxidation sites excluding steroid dienone is 2. The maximum atomic E-state index is 13.2. The topological polar surface area (TPSA) is 189 Å². The van der Waals surface area contributed by atoms with Crippen LogP contribution in [0.1, 0.15) is 316 Å². The molecular formula is C63H123NO10. The fourth-order valence-electron chi connectivity index (χ4n) is 10.6. The van der Waals surface area contributed by atoms with E-state index in [4.69, 9.17) is 9.47 Å². The minimum absolute atomic E-state index is 0.256. The smallest absolute Gasteiger partial charge is 0.249 e. The molecule has 0 aromatic carbocycles. The van der Waals surface area contributed by atoms with Crippen molar-refractivity contribution >= 4 is 5.91 Å². The first-order chi connectivity index (χ1) is 36.2. The van der Waals surface area contributed by atoms with Crippen molar-refractivity contribution in [3.05, 3.63) is 12.2 Å². The first kappa shape index (κ1) is 70.9. The van der Waals surface area contributed by atoms with E-state index in [-0.39, 0.29) is 6.42 Å². The number of nitrogens with one attached hydrogen (secondary N) is 1. The first-order valence-electron chi connectivity index (χ1n) is 32.1. The molecule has 1 fully saturated rings. The van der Waals surface area contributed by atoms with Gasteiger partial charge in [0.05, 0.1) is 25.4 Å². The number of hydrogen-bond donors (Lipinski definition) is 8. The number of hydrogen-bond acceptors (Lipinski definition) is 10. The van der Waals surface area contributed by atoms with Crippen molar-refractivity contribution in [3.8, 4) is 0 Å². The number of aliphatic hydroxyl groups excluding tert-OH is 7. The molecule has 74 heavy (non-hydrogen) atoms. The van der Waals surface area contributed by atoms with Crippen molar-refractivity contribution in [2.24, 2.45) is 0 Å². The number of aliphatic hydroxyl groups is 7. The molecule has 1 aliphatic rings. The molecule has 440 valence electrons. The lowest BCUT2D eigenvalue weighted by molar-refractivity contribution is -0.303. The van der Waals surface area contributed by atoms with Gasteiger partial charge in [0.1, 0.15) is 36.6 Å². The zero-order valence-corrected chi connectivity index (χ0v) is 48.4. The van der Waals surface area contributed by atoms with E-state index in [0.29, 0.717) is 19.3 Å². The van der Waals surface area contributed by atoms with Crippen molar-refractivity contribution < 1.29 is 50.0 Å². The van der Waals surface area contributed by atoms with Gasteiger partial charge in [0.15, 0.2) is 6.29 Å². The Morgan fingerprint density at radius 1 is 0.459 bits per heavy atom. The molecule has 0 spiro atoms. The van der Waals surface area contributed by atoms with Crippen molar-refractivity contribution in [3.63, 3.8) is 0 Å². The number of rotatable bonds is 56. The van der Waals surface area contributed by atoms with E-state index in [0.717, 1.165) is 51.4 Å². The summed E-state index contributed by atoms with van der Waals surface area (Å²) in [6, 6.07) is -1.17. The van der Waals surface area contributed by atoms with Crippen molar-refractivity contribution in [1.29, 1.82) is 0 Å². The van der Waals surface area contributed by atoms with Crippen LogP contribution in [0.3, 0.4) is 0 Å². The highest BCUT2D eigenvalue weighted by atomic mass is 16.7. The molecule has 1 saturated heterocycles. The van der Waals surface area contributed by atoms with Gasteiger partial charge in [-0.15, -0.1) is 0 Å². The maximum Gasteiger partial charge on any atom is 0.249 e. The summed E-state index contributed by atoms with van der Waals surface area (Å²) in [6.45, 7) is 3.49. The summed E-state index contributed by atoms with van der Waals surface area (Å²) in [7, 11) is 0. The van der Waals surface area contributed by atoms with Gasteiger partial charge in [-0.1, -0.05) is 289 Å². The summed E-state index contributed by atoms with van der Waals surface area (Å²) in [4.78, 5) is 13.2. The van der Waals surface area contributed by atoms with E-state index in [2.05, 4.69) is 31.3 Å². The second kappa shape index (κ2) is 52.5. The van der Waals surface area contributed by atoms with Gasteiger partial charge < -0.3 is 50.5 Å². The highest BCUT2D eigenvalue weighted by molar-refractivity contribution is 5.80. The average molecular weight is 1050 g/mol. The van der Waals surface area contributed by atoms with Crippen molar-refractivity contribution in [2.75, 3.05) is 13.2 Å². The maximum absolute atomic E-state index is 13.2. The van der Waals surface area contributed by atoms with Crippen LogP contribution in [0, 0.1) is 0 Å². The van der Waals surface area contributed by atoms with Crippen LogP contribution in [0.15, 0.2) is 12.2 Å². The SMILES string of the molecule is CCCCCCCC/C=C\CCCCCCCCC(O)C(=O)NC(COC1OC(CO)C(O)C(O)C1O)C(O)C(O)CCCCCCCCCCCCCCCCCCCCCCCCCCCCCCCCC. The lowest BCUT2D eigenvalue weighted by atomic mass is 9.98. The molecule has 0 aromatic heterocycles. The molecular weight excluding hydrogens is 931 g/mol. The quantitative estimate of drug-likeness (QED) is 0.0215. The Balaban J connectivity index is 2.20. The number of carbonyl (C=O) groups is 1. The van der Waals surface area contributed by atoms with Gasteiger partial charge >= 0.3 is 0 Å². The van der Waals surface area contributed by atoms with Gasteiger partial charge in [-0.2, -0.15) is 0 Å². The molecule has 9 atom stereocenters. The minimum Gasteiger partial charge on any atom is -0.394 e. The number of ether oxygens (including phenoxy) is 2. The van der Waals surface area contributed by atoms with Crippen LogP contribution < -0.4 is 5.32 Å². The van der Waals surface area contributed by atoms with Crippen LogP contribution in [-0.4, -0.2) is 110 Å². The van der Waals surface area contributed by atoms with Gasteiger partial charge in [-0.25, -0.2) is 0 Å². The zero-order valence-electron chi connectivity index (χ0n) is 48.4. The Hall–Kier alpha value is -1.15. The molecule has 1 heterocycles. The minimum atomic E-state index is -1.66. The molecule has 0 radical (unpaired) electrons. The summed E-state index contributed by atoms with van der Waals surface area (Å²) in [6.07, 6.45) is 51.4. The van der Waals surface area contributed by atoms with Crippen LogP contribution in [0.5, 0.6) is 0 Å². The molecule has 11 nitrogen and oxygen atoms in total. The van der Waals surface area contributed by atoms with E-state index in [1.165, 1.54) is 225 Å². The molecule has 1 rings (SSSR count). The fourth-order valence-corrected chi connectivity index (χ4v) is 10.6. The Kier molecular flexibility index (Phi) is 50.3. The summed E-state index contributed by atoms with van der Waals surface area (Å²) in [5.41, 5.74) is 0. The third-order valence-electron chi connectivity index (χ3n) is 15.8. The van der Waals surface area contributed by atoms with E-state index in [9.17, 15) is 40.5 Å².